The molecule has 1 rings (SSSR count). The fourth-order valence-corrected chi connectivity index (χ4v) is 3.10. The average Bonchev–Trinajstić information content (AvgIpc) is 2.39. The lowest BCUT2D eigenvalue weighted by molar-refractivity contribution is -0.147. The van der Waals surface area contributed by atoms with E-state index in [-0.39, 0.29) is 18.2 Å². The van der Waals surface area contributed by atoms with E-state index in [0.717, 1.165) is 64.2 Å². The van der Waals surface area contributed by atoms with E-state index in [9.17, 15) is 9.90 Å². The van der Waals surface area contributed by atoms with Crippen LogP contribution >= 0.6 is 0 Å². The number of carbonyl (C=O) groups excluding carboxylic acids is 1. The largest absolute Gasteiger partial charge is 0.463 e. The molecule has 0 amide bonds. The highest BCUT2D eigenvalue weighted by Crippen LogP contribution is 2.22. The van der Waals surface area contributed by atoms with E-state index in [1.807, 2.05) is 0 Å². The summed E-state index contributed by atoms with van der Waals surface area (Å²) in [5, 5.41) is 10.1. The van der Waals surface area contributed by atoms with Gasteiger partial charge in [-0.25, -0.2) is 0 Å². The van der Waals surface area contributed by atoms with E-state index in [2.05, 4.69) is 19.1 Å². The molecule has 3 heteroatoms. The molecule has 0 aromatic rings. The summed E-state index contributed by atoms with van der Waals surface area (Å²) in [5.41, 5.74) is 0. The van der Waals surface area contributed by atoms with E-state index in [4.69, 9.17) is 4.74 Å². The van der Waals surface area contributed by atoms with Crippen molar-refractivity contribution in [1.29, 1.82) is 0 Å². The van der Waals surface area contributed by atoms with E-state index >= 15 is 0 Å². The van der Waals surface area contributed by atoms with Crippen LogP contribution in [-0.4, -0.2) is 23.3 Å². The molecule has 0 aromatic carbocycles. The van der Waals surface area contributed by atoms with Gasteiger partial charge in [0, 0.05) is 6.92 Å². The molecule has 0 heterocycles. The Morgan fingerprint density at radius 1 is 1.05 bits per heavy atom. The van der Waals surface area contributed by atoms with Crippen molar-refractivity contribution in [2.75, 3.05) is 0 Å². The van der Waals surface area contributed by atoms with Gasteiger partial charge in [-0.3, -0.25) is 4.79 Å². The van der Waals surface area contributed by atoms with Crippen LogP contribution in [0.4, 0.5) is 0 Å². The van der Waals surface area contributed by atoms with Gasteiger partial charge in [-0.05, 0) is 63.7 Å². The quantitative estimate of drug-likeness (QED) is 0.577. The van der Waals surface area contributed by atoms with Gasteiger partial charge in [0.15, 0.2) is 0 Å². The van der Waals surface area contributed by atoms with Crippen LogP contribution in [0.1, 0.15) is 78.1 Å². The number of hydrogen-bond donors (Lipinski definition) is 1. The smallest absolute Gasteiger partial charge is 0.302 e. The van der Waals surface area contributed by atoms with Gasteiger partial charge in [-0.15, -0.1) is 0 Å². The molecular weight excluding hydrogens is 264 g/mol. The van der Waals surface area contributed by atoms with Gasteiger partial charge in [0.25, 0.3) is 0 Å². The van der Waals surface area contributed by atoms with E-state index in [1.54, 1.807) is 0 Å². The number of hydrogen-bond acceptors (Lipinski definition) is 3. The van der Waals surface area contributed by atoms with Crippen LogP contribution in [-0.2, 0) is 9.53 Å². The predicted molar refractivity (Wildman–Crippen MR) is 86.0 cm³/mol. The minimum Gasteiger partial charge on any atom is -0.463 e. The van der Waals surface area contributed by atoms with Crippen molar-refractivity contribution >= 4 is 5.97 Å². The number of rotatable bonds is 1. The van der Waals surface area contributed by atoms with E-state index < -0.39 is 0 Å². The molecule has 1 aliphatic carbocycles. The van der Waals surface area contributed by atoms with Crippen molar-refractivity contribution in [2.24, 2.45) is 5.92 Å². The first-order valence-electron chi connectivity index (χ1n) is 8.58. The molecule has 3 atom stereocenters. The van der Waals surface area contributed by atoms with Crippen LogP contribution < -0.4 is 0 Å². The maximum atomic E-state index is 11.2. The summed E-state index contributed by atoms with van der Waals surface area (Å²) in [4.78, 5) is 11.2. The second-order valence-corrected chi connectivity index (χ2v) is 6.50. The number of carbonyl (C=O) groups is 1. The standard InChI is InChI=1S/C18H32O3/c1-15-13-17(20)11-9-7-5-3-4-6-8-10-12-18(14-15)21-16(2)19/h3-4,15,17-18,20H,5-14H2,1-2H3/b4-3-. The topological polar surface area (TPSA) is 46.5 Å². The lowest BCUT2D eigenvalue weighted by Gasteiger charge is -2.22. The lowest BCUT2D eigenvalue weighted by Crippen LogP contribution is -2.21. The molecule has 0 aromatic heterocycles. The molecule has 0 aliphatic heterocycles. The number of ether oxygens (including phenoxy) is 1. The van der Waals surface area contributed by atoms with Gasteiger partial charge in [-0.1, -0.05) is 25.5 Å². The van der Waals surface area contributed by atoms with Crippen molar-refractivity contribution in [3.8, 4) is 0 Å². The molecule has 0 radical (unpaired) electrons. The van der Waals surface area contributed by atoms with Crippen LogP contribution in [0.15, 0.2) is 12.2 Å². The van der Waals surface area contributed by atoms with Crippen LogP contribution in [0.2, 0.25) is 0 Å². The molecule has 3 nitrogen and oxygen atoms in total. The summed E-state index contributed by atoms with van der Waals surface area (Å²) < 4.78 is 5.44. The number of esters is 1. The number of aliphatic hydroxyl groups is 1. The highest BCUT2D eigenvalue weighted by Gasteiger charge is 2.18. The zero-order chi connectivity index (χ0) is 15.5. The minimum absolute atomic E-state index is 0.0128. The molecule has 3 unspecified atom stereocenters. The first-order chi connectivity index (χ1) is 10.1. The fraction of sp³-hybridized carbons (Fsp3) is 0.833. The Hall–Kier alpha value is -0.830. The molecule has 0 saturated carbocycles. The third-order valence-corrected chi connectivity index (χ3v) is 4.14. The van der Waals surface area contributed by atoms with E-state index in [1.165, 1.54) is 6.92 Å². The zero-order valence-electron chi connectivity index (χ0n) is 13.7. The first-order valence-corrected chi connectivity index (χ1v) is 8.58. The highest BCUT2D eigenvalue weighted by atomic mass is 16.5. The normalized spacial score (nSPS) is 31.7. The summed E-state index contributed by atoms with van der Waals surface area (Å²) in [6.45, 7) is 3.64. The molecule has 21 heavy (non-hydrogen) atoms. The summed E-state index contributed by atoms with van der Waals surface area (Å²) in [6, 6.07) is 0. The summed E-state index contributed by atoms with van der Waals surface area (Å²) >= 11 is 0. The summed E-state index contributed by atoms with van der Waals surface area (Å²) in [7, 11) is 0. The molecular formula is C18H32O3. The van der Waals surface area contributed by atoms with Gasteiger partial charge < -0.3 is 9.84 Å². The molecule has 0 bridgehead atoms. The molecule has 122 valence electrons. The average molecular weight is 296 g/mol. The summed E-state index contributed by atoms with van der Waals surface area (Å²) in [5.74, 6) is 0.207. The van der Waals surface area contributed by atoms with E-state index in [0.29, 0.717) is 5.92 Å². The Morgan fingerprint density at radius 3 is 2.29 bits per heavy atom. The summed E-state index contributed by atoms with van der Waals surface area (Å²) in [6.07, 6.45) is 14.6. The van der Waals surface area contributed by atoms with Crippen LogP contribution in [0.25, 0.3) is 0 Å². The van der Waals surface area contributed by atoms with Gasteiger partial charge >= 0.3 is 5.97 Å². The van der Waals surface area contributed by atoms with Crippen molar-refractivity contribution in [1.82, 2.24) is 0 Å². The Bertz CT molecular complexity index is 312. The monoisotopic (exact) mass is 296 g/mol. The minimum atomic E-state index is -0.216. The zero-order valence-corrected chi connectivity index (χ0v) is 13.7. The molecule has 1 N–H and O–H groups in total. The Labute approximate surface area is 129 Å². The van der Waals surface area contributed by atoms with Crippen LogP contribution in [0, 0.1) is 5.92 Å². The van der Waals surface area contributed by atoms with Crippen molar-refractivity contribution in [2.45, 2.75) is 90.3 Å². The fourth-order valence-electron chi connectivity index (χ4n) is 3.10. The van der Waals surface area contributed by atoms with Crippen molar-refractivity contribution < 1.29 is 14.6 Å². The molecule has 0 spiro atoms. The van der Waals surface area contributed by atoms with Crippen molar-refractivity contribution in [3.05, 3.63) is 12.2 Å². The van der Waals surface area contributed by atoms with Gasteiger partial charge in [0.1, 0.15) is 6.10 Å². The molecule has 0 fully saturated rings. The lowest BCUT2D eigenvalue weighted by atomic mass is 9.93. The van der Waals surface area contributed by atoms with Crippen LogP contribution in [0.5, 0.6) is 0 Å². The SMILES string of the molecule is CC(=O)OC1CCCC/C=C\CCCCC(O)CC(C)C1. The Balaban J connectivity index is 2.52. The van der Waals surface area contributed by atoms with Gasteiger partial charge in [-0.2, -0.15) is 0 Å². The van der Waals surface area contributed by atoms with Gasteiger partial charge in [0.05, 0.1) is 6.10 Å². The molecule has 1 aliphatic rings. The third kappa shape index (κ3) is 9.67. The second kappa shape index (κ2) is 10.8. The van der Waals surface area contributed by atoms with Crippen LogP contribution in [0.3, 0.4) is 0 Å². The number of aliphatic hydroxyl groups excluding tert-OH is 1. The number of allylic oxidation sites excluding steroid dienone is 2. The highest BCUT2D eigenvalue weighted by molar-refractivity contribution is 5.66. The maximum Gasteiger partial charge on any atom is 0.302 e. The van der Waals surface area contributed by atoms with Crippen molar-refractivity contribution in [3.63, 3.8) is 0 Å². The van der Waals surface area contributed by atoms with Gasteiger partial charge in [0.2, 0.25) is 0 Å². The maximum absolute atomic E-state index is 11.2. The Morgan fingerprint density at radius 2 is 1.67 bits per heavy atom. The first kappa shape index (κ1) is 18.2. The molecule has 0 saturated heterocycles. The predicted octanol–water partition coefficient (Wildman–Crippen LogP) is 4.39. The second-order valence-electron chi connectivity index (χ2n) is 6.50. The third-order valence-electron chi connectivity index (χ3n) is 4.14. The Kier molecular flexibility index (Phi) is 9.40.